The van der Waals surface area contributed by atoms with Gasteiger partial charge in [0.05, 0.1) is 28.7 Å². The maximum absolute atomic E-state index is 13.0. The van der Waals surface area contributed by atoms with E-state index in [1.54, 1.807) is 17.0 Å². The zero-order valence-electron chi connectivity index (χ0n) is 15.3. The van der Waals surface area contributed by atoms with Gasteiger partial charge in [-0.1, -0.05) is 6.92 Å². The molecule has 1 N–H and O–H groups in total. The Bertz CT molecular complexity index is 905. The zero-order chi connectivity index (χ0) is 18.7. The zero-order valence-corrected chi connectivity index (χ0v) is 16.1. The van der Waals surface area contributed by atoms with Crippen molar-refractivity contribution in [3.05, 3.63) is 23.8 Å². The molecule has 0 aromatic heterocycles. The first-order valence-electron chi connectivity index (χ1n) is 9.13. The Kier molecular flexibility index (Phi) is 3.89. The number of amides is 1. The molecule has 1 aliphatic carbocycles. The summed E-state index contributed by atoms with van der Waals surface area (Å²) in [5, 5.41) is 0. The number of carbonyl (C=O) groups is 1. The Labute approximate surface area is 154 Å². The van der Waals surface area contributed by atoms with Gasteiger partial charge in [-0.15, -0.1) is 0 Å². The summed E-state index contributed by atoms with van der Waals surface area (Å²) in [6.07, 6.45) is 2.58. The second-order valence-corrected chi connectivity index (χ2v) is 9.15. The molecule has 8 heteroatoms. The molecular formula is C18H24N4O3S. The number of anilines is 1. The molecule has 0 unspecified atom stereocenters. The first-order chi connectivity index (χ1) is 12.3. The third kappa shape index (κ3) is 2.63. The number of sulfonamides is 1. The predicted molar refractivity (Wildman–Crippen MR) is 100.0 cm³/mol. The first kappa shape index (κ1) is 17.5. The van der Waals surface area contributed by atoms with Crippen LogP contribution >= 0.6 is 0 Å². The van der Waals surface area contributed by atoms with Crippen molar-refractivity contribution in [1.29, 1.82) is 0 Å². The number of aliphatic imine (C=N–C) groups is 1. The molecule has 1 atom stereocenters. The molecule has 0 radical (unpaired) electrons. The van der Waals surface area contributed by atoms with Crippen LogP contribution in [0.5, 0.6) is 0 Å². The molecular weight excluding hydrogens is 352 g/mol. The number of fused-ring (bicyclic) bond motifs is 3. The third-order valence-corrected chi connectivity index (χ3v) is 7.08. The number of hydrogen-bond donors (Lipinski definition) is 1. The van der Waals surface area contributed by atoms with E-state index >= 15 is 0 Å². The molecule has 1 aromatic rings. The van der Waals surface area contributed by atoms with E-state index in [2.05, 4.69) is 21.5 Å². The van der Waals surface area contributed by atoms with Crippen LogP contribution in [0.25, 0.3) is 0 Å². The van der Waals surface area contributed by atoms with Gasteiger partial charge in [0.25, 0.3) is 5.91 Å². The molecule has 2 heterocycles. The van der Waals surface area contributed by atoms with Gasteiger partial charge in [-0.2, -0.15) is 0 Å². The topological polar surface area (TPSA) is 82.1 Å². The van der Waals surface area contributed by atoms with Crippen LogP contribution in [0, 0.1) is 0 Å². The lowest BCUT2D eigenvalue weighted by Crippen LogP contribution is -2.52. The number of carbonyl (C=O) groups excluding carboxylic acids is 1. The highest BCUT2D eigenvalue weighted by molar-refractivity contribution is 7.89. The minimum absolute atomic E-state index is 0.140. The van der Waals surface area contributed by atoms with Gasteiger partial charge in [0, 0.05) is 12.1 Å². The summed E-state index contributed by atoms with van der Waals surface area (Å²) in [5.74, 6) is 0.486. The number of nitrogens with one attached hydrogen (secondary N) is 1. The highest BCUT2D eigenvalue weighted by Gasteiger charge is 2.43. The molecule has 4 rings (SSSR count). The molecule has 0 spiro atoms. The van der Waals surface area contributed by atoms with Gasteiger partial charge in [0.1, 0.15) is 0 Å². The first-order valence-corrected chi connectivity index (χ1v) is 10.6. The van der Waals surface area contributed by atoms with Crippen molar-refractivity contribution in [2.75, 3.05) is 18.0 Å². The van der Waals surface area contributed by atoms with E-state index in [0.29, 0.717) is 24.6 Å². The van der Waals surface area contributed by atoms with Crippen LogP contribution in [-0.4, -0.2) is 49.9 Å². The molecule has 7 nitrogen and oxygen atoms in total. The number of guanidine groups is 1. The average molecular weight is 376 g/mol. The molecule has 0 saturated heterocycles. The lowest BCUT2D eigenvalue weighted by molar-refractivity contribution is 0.0845. The Morgan fingerprint density at radius 1 is 1.31 bits per heavy atom. The van der Waals surface area contributed by atoms with Gasteiger partial charge in [-0.25, -0.2) is 13.1 Å². The normalized spacial score (nSPS) is 23.6. The van der Waals surface area contributed by atoms with Crippen molar-refractivity contribution in [2.24, 2.45) is 4.99 Å². The molecule has 1 saturated carbocycles. The summed E-state index contributed by atoms with van der Waals surface area (Å²) in [6, 6.07) is 5.03. The highest BCUT2D eigenvalue weighted by Crippen LogP contribution is 2.38. The van der Waals surface area contributed by atoms with E-state index < -0.39 is 10.0 Å². The molecule has 2 aliphatic heterocycles. The van der Waals surface area contributed by atoms with E-state index in [-0.39, 0.29) is 22.4 Å². The summed E-state index contributed by atoms with van der Waals surface area (Å²) in [5.41, 5.74) is 0.824. The number of hydrogen-bond acceptors (Lipinski definition) is 5. The summed E-state index contributed by atoms with van der Waals surface area (Å²) in [4.78, 5) is 21.4. The molecule has 0 bridgehead atoms. The standard InChI is InChI=1S/C18H24N4O3S/c1-4-12-11-19-17-21(5-2)16(23)14-10-13(6-7-15(14)22(12)17)26(24,25)20-18(3)8-9-18/h6-7,10,12,20H,4-5,8-9,11H2,1-3H3/t12-/m1/s1. The van der Waals surface area contributed by atoms with E-state index in [9.17, 15) is 13.2 Å². The van der Waals surface area contributed by atoms with E-state index in [0.717, 1.165) is 24.9 Å². The lowest BCUT2D eigenvalue weighted by atomic mass is 10.1. The van der Waals surface area contributed by atoms with E-state index in [1.165, 1.54) is 6.07 Å². The van der Waals surface area contributed by atoms with E-state index in [1.807, 2.05) is 13.8 Å². The second kappa shape index (κ2) is 5.79. The molecule has 3 aliphatic rings. The van der Waals surface area contributed by atoms with Gasteiger partial charge in [-0.05, 0) is 51.3 Å². The quantitative estimate of drug-likeness (QED) is 0.851. The maximum atomic E-state index is 13.0. The molecule has 1 aromatic carbocycles. The Hall–Kier alpha value is -1.93. The van der Waals surface area contributed by atoms with Crippen LogP contribution in [0.15, 0.2) is 28.1 Å². The van der Waals surface area contributed by atoms with Crippen LogP contribution in [0.3, 0.4) is 0 Å². The lowest BCUT2D eigenvalue weighted by Gasteiger charge is -2.38. The predicted octanol–water partition coefficient (Wildman–Crippen LogP) is 1.95. The summed E-state index contributed by atoms with van der Waals surface area (Å²) in [6.45, 7) is 7.03. The van der Waals surface area contributed by atoms with Crippen LogP contribution in [0.4, 0.5) is 5.69 Å². The Balaban J connectivity index is 1.78. The monoisotopic (exact) mass is 376 g/mol. The van der Waals surface area contributed by atoms with E-state index in [4.69, 9.17) is 0 Å². The largest absolute Gasteiger partial charge is 0.306 e. The molecule has 140 valence electrons. The van der Waals surface area contributed by atoms with Crippen molar-refractivity contribution in [2.45, 2.75) is 56.5 Å². The van der Waals surface area contributed by atoms with Crippen LogP contribution < -0.4 is 9.62 Å². The van der Waals surface area contributed by atoms with Crippen LogP contribution in [0.1, 0.15) is 50.4 Å². The van der Waals surface area contributed by atoms with Gasteiger partial charge >= 0.3 is 0 Å². The van der Waals surface area contributed by atoms with Crippen LogP contribution in [-0.2, 0) is 10.0 Å². The number of nitrogens with zero attached hydrogens (tertiary/aromatic N) is 3. The number of rotatable bonds is 5. The number of benzene rings is 1. The van der Waals surface area contributed by atoms with Crippen molar-refractivity contribution >= 4 is 27.6 Å². The minimum atomic E-state index is -3.65. The average Bonchev–Trinajstić information content (AvgIpc) is 3.17. The van der Waals surface area contributed by atoms with Gasteiger partial charge in [0.2, 0.25) is 16.0 Å². The molecule has 1 amide bonds. The van der Waals surface area contributed by atoms with Crippen molar-refractivity contribution in [1.82, 2.24) is 9.62 Å². The van der Waals surface area contributed by atoms with Gasteiger partial charge < -0.3 is 4.90 Å². The van der Waals surface area contributed by atoms with Gasteiger partial charge in [-0.3, -0.25) is 14.7 Å². The van der Waals surface area contributed by atoms with Crippen molar-refractivity contribution in [3.63, 3.8) is 0 Å². The fraction of sp³-hybridized carbons (Fsp3) is 0.556. The van der Waals surface area contributed by atoms with Crippen molar-refractivity contribution in [3.8, 4) is 0 Å². The fourth-order valence-electron chi connectivity index (χ4n) is 3.60. The summed E-state index contributed by atoms with van der Waals surface area (Å²) in [7, 11) is -3.65. The molecule has 1 fully saturated rings. The SMILES string of the molecule is CC[C@@H]1CN=C2N(CC)C(=O)c3cc(S(=O)(=O)NC4(C)CC4)ccc3N21. The third-order valence-electron chi connectivity index (χ3n) is 5.45. The molecule has 26 heavy (non-hydrogen) atoms. The smallest absolute Gasteiger partial charge is 0.262 e. The highest BCUT2D eigenvalue weighted by atomic mass is 32.2. The Morgan fingerprint density at radius 3 is 2.65 bits per heavy atom. The minimum Gasteiger partial charge on any atom is -0.306 e. The maximum Gasteiger partial charge on any atom is 0.262 e. The Morgan fingerprint density at radius 2 is 2.04 bits per heavy atom. The van der Waals surface area contributed by atoms with Gasteiger partial charge in [0.15, 0.2) is 0 Å². The van der Waals surface area contributed by atoms with Crippen molar-refractivity contribution < 1.29 is 13.2 Å². The van der Waals surface area contributed by atoms with Crippen LogP contribution in [0.2, 0.25) is 0 Å². The summed E-state index contributed by atoms with van der Waals surface area (Å²) < 4.78 is 28.2. The fourth-order valence-corrected chi connectivity index (χ4v) is 5.09. The second-order valence-electron chi connectivity index (χ2n) is 7.47. The summed E-state index contributed by atoms with van der Waals surface area (Å²) >= 11 is 0.